The third-order valence-electron chi connectivity index (χ3n) is 7.44. The van der Waals surface area contributed by atoms with Gasteiger partial charge >= 0.3 is 0 Å². The van der Waals surface area contributed by atoms with Gasteiger partial charge in [-0.25, -0.2) is 0 Å². The Hall–Kier alpha value is -5.04. The van der Waals surface area contributed by atoms with Crippen LogP contribution in [0.2, 0.25) is 0 Å². The minimum atomic E-state index is -0.750. The monoisotopic (exact) mass is 1030 g/mol. The summed E-state index contributed by atoms with van der Waals surface area (Å²) in [6, 6.07) is 58.7. The second-order valence-electron chi connectivity index (χ2n) is 11.9. The number of benzene rings is 6. The standard InChI is InChI=1S/3C17H14O.CHCl3.2Pd/c3*18-17(13-11-15-7-3-1-4-8-15)14-12-16-9-5-2-6-10-16;2-1(3)4;;/h3*1-14H;1H;;/b3*13-11+,14-12+;;;. The van der Waals surface area contributed by atoms with Crippen LogP contribution in [-0.4, -0.2) is 21.6 Å². The molecule has 0 aliphatic rings. The van der Waals surface area contributed by atoms with Crippen molar-refractivity contribution in [1.29, 1.82) is 0 Å². The van der Waals surface area contributed by atoms with E-state index in [1.54, 1.807) is 36.5 Å². The summed E-state index contributed by atoms with van der Waals surface area (Å²) in [5.74, 6) is -0.0341. The van der Waals surface area contributed by atoms with Gasteiger partial charge in [0.1, 0.15) is 0 Å². The third kappa shape index (κ3) is 26.9. The molecule has 6 aromatic rings. The number of hydrogen-bond acceptors (Lipinski definition) is 3. The smallest absolute Gasteiger partial charge is 0.180 e. The second kappa shape index (κ2) is 33.8. The van der Waals surface area contributed by atoms with Gasteiger partial charge in [0, 0.05) is 40.8 Å². The summed E-state index contributed by atoms with van der Waals surface area (Å²) in [5.41, 5.74) is 6.16. The summed E-state index contributed by atoms with van der Waals surface area (Å²) in [5, 5.41) is 0. The predicted molar refractivity (Wildman–Crippen MR) is 249 cm³/mol. The topological polar surface area (TPSA) is 51.2 Å². The van der Waals surface area contributed by atoms with Crippen molar-refractivity contribution in [2.45, 2.75) is 4.30 Å². The van der Waals surface area contributed by atoms with Gasteiger partial charge in [0.15, 0.2) is 21.6 Å². The van der Waals surface area contributed by atoms with Crippen molar-refractivity contribution < 1.29 is 55.2 Å². The second-order valence-corrected chi connectivity index (χ2v) is 13.9. The van der Waals surface area contributed by atoms with E-state index in [0.29, 0.717) is 0 Å². The number of rotatable bonds is 12. The zero-order valence-electron chi connectivity index (χ0n) is 32.3. The van der Waals surface area contributed by atoms with Crippen molar-refractivity contribution >= 4 is 88.6 Å². The van der Waals surface area contributed by atoms with E-state index in [2.05, 4.69) is 0 Å². The maximum atomic E-state index is 11.6. The Balaban J connectivity index is 0.000000423. The Labute approximate surface area is 396 Å². The number of hydrogen-bond donors (Lipinski definition) is 0. The zero-order chi connectivity index (χ0) is 41.5. The van der Waals surface area contributed by atoms with Crippen LogP contribution >= 0.6 is 34.8 Å². The van der Waals surface area contributed by atoms with E-state index < -0.39 is 4.30 Å². The van der Waals surface area contributed by atoms with E-state index >= 15 is 0 Å². The number of allylic oxidation sites excluding steroid dienone is 6. The molecule has 0 aliphatic carbocycles. The normalized spacial score (nSPS) is 10.6. The number of carbonyl (C=O) groups excluding carboxylic acids is 3. The van der Waals surface area contributed by atoms with Crippen molar-refractivity contribution in [3.8, 4) is 0 Å². The maximum absolute atomic E-state index is 11.6. The summed E-state index contributed by atoms with van der Waals surface area (Å²) in [6.07, 6.45) is 20.4. The van der Waals surface area contributed by atoms with E-state index in [1.165, 1.54) is 0 Å². The molecule has 60 heavy (non-hydrogen) atoms. The molecule has 310 valence electrons. The summed E-state index contributed by atoms with van der Waals surface area (Å²) >= 11 is 14.4. The van der Waals surface area contributed by atoms with E-state index in [1.807, 2.05) is 218 Å². The first-order valence-corrected chi connectivity index (χ1v) is 19.5. The minimum Gasteiger partial charge on any atom is -0.290 e. The third-order valence-corrected chi connectivity index (χ3v) is 7.44. The minimum absolute atomic E-state index is 0. The molecule has 0 N–H and O–H groups in total. The molecular weight excluding hydrogens is 992 g/mol. The van der Waals surface area contributed by atoms with Crippen LogP contribution in [0.4, 0.5) is 0 Å². The fourth-order valence-electron chi connectivity index (χ4n) is 4.62. The van der Waals surface area contributed by atoms with Crippen molar-refractivity contribution in [1.82, 2.24) is 0 Å². The molecule has 0 fully saturated rings. The molecule has 0 heterocycles. The van der Waals surface area contributed by atoms with Crippen LogP contribution < -0.4 is 0 Å². The Morgan fingerprint density at radius 1 is 0.283 bits per heavy atom. The molecule has 8 heteroatoms. The molecule has 0 unspecified atom stereocenters. The Morgan fingerprint density at radius 2 is 0.400 bits per heavy atom. The predicted octanol–water partition coefficient (Wildman–Crippen LogP) is 13.9. The van der Waals surface area contributed by atoms with Gasteiger partial charge in [0.05, 0.1) is 0 Å². The summed E-state index contributed by atoms with van der Waals surface area (Å²) < 4.78 is -0.750. The maximum Gasteiger partial charge on any atom is 0.180 e. The van der Waals surface area contributed by atoms with Crippen molar-refractivity contribution in [2.75, 3.05) is 0 Å². The van der Waals surface area contributed by atoms with Gasteiger partial charge in [0.25, 0.3) is 0 Å². The largest absolute Gasteiger partial charge is 0.290 e. The Kier molecular flexibility index (Phi) is 29.8. The van der Waals surface area contributed by atoms with Gasteiger partial charge < -0.3 is 0 Å². The molecule has 0 bridgehead atoms. The average molecular weight is 1040 g/mol. The first kappa shape index (κ1) is 53.0. The van der Waals surface area contributed by atoms with Gasteiger partial charge in [-0.15, -0.1) is 0 Å². The molecule has 0 aromatic heterocycles. The van der Waals surface area contributed by atoms with Gasteiger partial charge in [-0.3, -0.25) is 14.4 Å². The number of halogens is 3. The first-order chi connectivity index (χ1) is 28.3. The molecule has 0 saturated heterocycles. The molecular formula is C52H43Cl3O3Pd2. The van der Waals surface area contributed by atoms with Gasteiger partial charge in [-0.05, 0) is 69.8 Å². The molecule has 0 amide bonds. The number of alkyl halides is 3. The van der Waals surface area contributed by atoms with E-state index in [0.717, 1.165) is 33.4 Å². The number of ketones is 3. The summed E-state index contributed by atoms with van der Waals surface area (Å²) in [7, 11) is 0. The first-order valence-electron chi connectivity index (χ1n) is 18.2. The molecule has 6 rings (SSSR count). The van der Waals surface area contributed by atoms with Crippen molar-refractivity contribution in [2.24, 2.45) is 0 Å². The van der Waals surface area contributed by atoms with Gasteiger partial charge in [-0.2, -0.15) is 0 Å². The van der Waals surface area contributed by atoms with E-state index in [-0.39, 0.29) is 58.2 Å². The molecule has 3 nitrogen and oxygen atoms in total. The molecule has 0 aliphatic heterocycles. The van der Waals surface area contributed by atoms with Crippen LogP contribution in [0.25, 0.3) is 36.5 Å². The van der Waals surface area contributed by atoms with Crippen LogP contribution in [0.1, 0.15) is 33.4 Å². The zero-order valence-corrected chi connectivity index (χ0v) is 37.7. The number of carbonyl (C=O) groups is 3. The van der Waals surface area contributed by atoms with Crippen LogP contribution in [0.15, 0.2) is 218 Å². The van der Waals surface area contributed by atoms with E-state index in [4.69, 9.17) is 34.8 Å². The summed E-state index contributed by atoms with van der Waals surface area (Å²) in [6.45, 7) is 0. The van der Waals surface area contributed by atoms with E-state index in [9.17, 15) is 14.4 Å². The molecule has 0 spiro atoms. The van der Waals surface area contributed by atoms with Crippen LogP contribution in [0.5, 0.6) is 0 Å². The fraction of sp³-hybridized carbons (Fsp3) is 0.0192. The van der Waals surface area contributed by atoms with Gasteiger partial charge in [0.2, 0.25) is 0 Å². The SMILES string of the molecule is ClC(Cl)Cl.O=C(/C=C/c1ccccc1)/C=C/c1ccccc1.O=C(/C=C/c1ccccc1)/C=C/c1ccccc1.O=C(/C=C/c1ccccc1)/C=C/c1ccccc1.[Pd].[Pd]. The molecule has 0 atom stereocenters. The summed E-state index contributed by atoms with van der Waals surface area (Å²) in [4.78, 5) is 34.8. The average Bonchev–Trinajstić information content (AvgIpc) is 3.27. The quantitative estimate of drug-likeness (QED) is 0.0697. The van der Waals surface area contributed by atoms with Crippen molar-refractivity contribution in [3.63, 3.8) is 0 Å². The van der Waals surface area contributed by atoms with Gasteiger partial charge in [-0.1, -0.05) is 253 Å². The van der Waals surface area contributed by atoms with Crippen LogP contribution in [-0.2, 0) is 55.2 Å². The van der Waals surface area contributed by atoms with Crippen LogP contribution in [0, 0.1) is 0 Å². The molecule has 0 radical (unpaired) electrons. The Morgan fingerprint density at radius 3 is 0.517 bits per heavy atom. The van der Waals surface area contributed by atoms with Crippen LogP contribution in [0.3, 0.4) is 0 Å². The Bertz CT molecular complexity index is 1830. The molecule has 6 aromatic carbocycles. The molecule has 0 saturated carbocycles. The fourth-order valence-corrected chi connectivity index (χ4v) is 4.62. The van der Waals surface area contributed by atoms with Crippen molar-refractivity contribution in [3.05, 3.63) is 252 Å².